The molecule has 1 atom stereocenters. The first-order chi connectivity index (χ1) is 6.63. The Morgan fingerprint density at radius 3 is 2.93 bits per heavy atom. The van der Waals surface area contributed by atoms with E-state index >= 15 is 0 Å². The Balaban J connectivity index is 2.43. The van der Waals surface area contributed by atoms with Gasteiger partial charge in [-0.2, -0.15) is 0 Å². The van der Waals surface area contributed by atoms with Crippen molar-refractivity contribution < 1.29 is 15.0 Å². The van der Waals surface area contributed by atoms with Crippen molar-refractivity contribution in [2.45, 2.75) is 6.10 Å². The fourth-order valence-electron chi connectivity index (χ4n) is 0.869. The SMILES string of the molecule is O=C(NCC(O)CO)c1cc(Br)c[nH]1. The van der Waals surface area contributed by atoms with Crippen LogP contribution in [0.1, 0.15) is 10.5 Å². The Hall–Kier alpha value is -0.850. The van der Waals surface area contributed by atoms with Crippen LogP contribution in [0.4, 0.5) is 0 Å². The summed E-state index contributed by atoms with van der Waals surface area (Å²) < 4.78 is 0.783. The molecular weight excluding hydrogens is 252 g/mol. The van der Waals surface area contributed by atoms with E-state index in [4.69, 9.17) is 10.2 Å². The molecule has 0 radical (unpaired) electrons. The van der Waals surface area contributed by atoms with Crippen LogP contribution in [0.5, 0.6) is 0 Å². The lowest BCUT2D eigenvalue weighted by Crippen LogP contribution is -2.34. The average molecular weight is 263 g/mol. The lowest BCUT2D eigenvalue weighted by molar-refractivity contribution is 0.0799. The van der Waals surface area contributed by atoms with Gasteiger partial charge in [-0.3, -0.25) is 4.79 Å². The Morgan fingerprint density at radius 1 is 1.71 bits per heavy atom. The molecule has 1 aromatic heterocycles. The van der Waals surface area contributed by atoms with Crippen LogP contribution < -0.4 is 5.32 Å². The van der Waals surface area contributed by atoms with Crippen LogP contribution in [-0.2, 0) is 0 Å². The molecule has 1 heterocycles. The van der Waals surface area contributed by atoms with Crippen molar-refractivity contribution in [3.8, 4) is 0 Å². The van der Waals surface area contributed by atoms with Crippen molar-refractivity contribution >= 4 is 21.8 Å². The minimum atomic E-state index is -0.919. The molecule has 78 valence electrons. The van der Waals surface area contributed by atoms with E-state index in [1.54, 1.807) is 12.3 Å². The number of rotatable bonds is 4. The van der Waals surface area contributed by atoms with Crippen LogP contribution in [0.2, 0.25) is 0 Å². The summed E-state index contributed by atoms with van der Waals surface area (Å²) in [5, 5.41) is 19.9. The molecule has 1 rings (SSSR count). The largest absolute Gasteiger partial charge is 0.394 e. The van der Waals surface area contributed by atoms with Gasteiger partial charge in [0.1, 0.15) is 5.69 Å². The van der Waals surface area contributed by atoms with E-state index in [0.29, 0.717) is 5.69 Å². The lowest BCUT2D eigenvalue weighted by Gasteiger charge is -2.07. The van der Waals surface area contributed by atoms with Crippen LogP contribution in [0.15, 0.2) is 16.7 Å². The van der Waals surface area contributed by atoms with Gasteiger partial charge in [-0.1, -0.05) is 0 Å². The monoisotopic (exact) mass is 262 g/mol. The third-order valence-corrected chi connectivity index (χ3v) is 2.06. The van der Waals surface area contributed by atoms with Crippen molar-refractivity contribution in [1.29, 1.82) is 0 Å². The number of hydrogen-bond donors (Lipinski definition) is 4. The second-order valence-electron chi connectivity index (χ2n) is 2.78. The topological polar surface area (TPSA) is 85.3 Å². The third-order valence-electron chi connectivity index (χ3n) is 1.60. The number of aromatic nitrogens is 1. The summed E-state index contributed by atoms with van der Waals surface area (Å²) in [4.78, 5) is 14.1. The minimum absolute atomic E-state index is 0.0337. The summed E-state index contributed by atoms with van der Waals surface area (Å²) in [6, 6.07) is 1.63. The minimum Gasteiger partial charge on any atom is -0.394 e. The van der Waals surface area contributed by atoms with Gasteiger partial charge in [-0.15, -0.1) is 0 Å². The number of nitrogens with one attached hydrogen (secondary N) is 2. The molecule has 0 saturated carbocycles. The van der Waals surface area contributed by atoms with Crippen molar-refractivity contribution in [2.75, 3.05) is 13.2 Å². The van der Waals surface area contributed by atoms with Gasteiger partial charge in [0.05, 0.1) is 12.7 Å². The first-order valence-corrected chi connectivity index (χ1v) is 4.84. The molecule has 4 N–H and O–H groups in total. The van der Waals surface area contributed by atoms with Gasteiger partial charge >= 0.3 is 0 Å². The Morgan fingerprint density at radius 2 is 2.43 bits per heavy atom. The third kappa shape index (κ3) is 3.13. The maximum absolute atomic E-state index is 11.3. The van der Waals surface area contributed by atoms with Crippen LogP contribution in [-0.4, -0.2) is 40.4 Å². The summed E-state index contributed by atoms with van der Waals surface area (Å²) in [6.07, 6.45) is 0.717. The number of hydrogen-bond acceptors (Lipinski definition) is 3. The van der Waals surface area contributed by atoms with Crippen LogP contribution >= 0.6 is 15.9 Å². The number of aliphatic hydroxyl groups excluding tert-OH is 2. The van der Waals surface area contributed by atoms with Crippen molar-refractivity contribution in [3.05, 3.63) is 22.4 Å². The van der Waals surface area contributed by atoms with Crippen LogP contribution in [0.3, 0.4) is 0 Å². The molecule has 1 aromatic rings. The van der Waals surface area contributed by atoms with E-state index in [2.05, 4.69) is 26.2 Å². The molecule has 0 fully saturated rings. The van der Waals surface area contributed by atoms with Gasteiger partial charge in [0.25, 0.3) is 5.91 Å². The predicted molar refractivity (Wildman–Crippen MR) is 53.9 cm³/mol. The highest BCUT2D eigenvalue weighted by atomic mass is 79.9. The number of aromatic amines is 1. The number of carbonyl (C=O) groups excluding carboxylic acids is 1. The fourth-order valence-corrected chi connectivity index (χ4v) is 1.21. The number of carbonyl (C=O) groups is 1. The maximum atomic E-state index is 11.3. The van der Waals surface area contributed by atoms with Gasteiger partial charge < -0.3 is 20.5 Å². The Bertz CT molecular complexity index is 313. The average Bonchev–Trinajstić information content (AvgIpc) is 2.60. The molecule has 0 aliphatic carbocycles. The molecule has 0 saturated heterocycles. The molecular formula is C8H11BrN2O3. The zero-order valence-corrected chi connectivity index (χ0v) is 8.91. The van der Waals surface area contributed by atoms with Crippen molar-refractivity contribution in [3.63, 3.8) is 0 Å². The normalized spacial score (nSPS) is 12.5. The van der Waals surface area contributed by atoms with Crippen molar-refractivity contribution in [1.82, 2.24) is 10.3 Å². The second kappa shape index (κ2) is 5.14. The maximum Gasteiger partial charge on any atom is 0.267 e. The lowest BCUT2D eigenvalue weighted by atomic mass is 10.3. The quantitative estimate of drug-likeness (QED) is 0.610. The highest BCUT2D eigenvalue weighted by Crippen LogP contribution is 2.10. The highest BCUT2D eigenvalue weighted by molar-refractivity contribution is 9.10. The Labute approximate surface area is 89.3 Å². The number of halogens is 1. The molecule has 0 aromatic carbocycles. The number of H-pyrrole nitrogens is 1. The molecule has 14 heavy (non-hydrogen) atoms. The van der Waals surface area contributed by atoms with Gasteiger partial charge in [0, 0.05) is 17.2 Å². The summed E-state index contributed by atoms with van der Waals surface area (Å²) in [7, 11) is 0. The standard InChI is InChI=1S/C8H11BrN2O3/c9-5-1-7(10-2-5)8(14)11-3-6(13)4-12/h1-2,6,10,12-13H,3-4H2,(H,11,14). The molecule has 0 aliphatic rings. The zero-order chi connectivity index (χ0) is 10.6. The molecule has 6 heteroatoms. The molecule has 1 amide bonds. The predicted octanol–water partition coefficient (Wildman–Crippen LogP) is -0.140. The van der Waals surface area contributed by atoms with E-state index in [9.17, 15) is 4.79 Å². The van der Waals surface area contributed by atoms with E-state index in [-0.39, 0.29) is 19.1 Å². The summed E-state index contributed by atoms with van der Waals surface area (Å²) in [6.45, 7) is -0.333. The van der Waals surface area contributed by atoms with Crippen LogP contribution in [0.25, 0.3) is 0 Å². The summed E-state index contributed by atoms with van der Waals surface area (Å²) >= 11 is 3.19. The van der Waals surface area contributed by atoms with E-state index in [0.717, 1.165) is 4.47 Å². The number of aliphatic hydroxyl groups is 2. The fraction of sp³-hybridized carbons (Fsp3) is 0.375. The highest BCUT2D eigenvalue weighted by Gasteiger charge is 2.09. The van der Waals surface area contributed by atoms with Gasteiger partial charge in [-0.25, -0.2) is 0 Å². The number of amides is 1. The second-order valence-corrected chi connectivity index (χ2v) is 3.69. The van der Waals surface area contributed by atoms with E-state index < -0.39 is 6.10 Å². The first-order valence-electron chi connectivity index (χ1n) is 4.04. The molecule has 0 aliphatic heterocycles. The molecule has 0 bridgehead atoms. The first kappa shape index (κ1) is 11.2. The van der Waals surface area contributed by atoms with Crippen LogP contribution in [0, 0.1) is 0 Å². The molecule has 5 nitrogen and oxygen atoms in total. The smallest absolute Gasteiger partial charge is 0.267 e. The summed E-state index contributed by atoms with van der Waals surface area (Å²) in [5.74, 6) is -0.316. The summed E-state index contributed by atoms with van der Waals surface area (Å²) in [5.41, 5.74) is 0.405. The molecule has 0 spiro atoms. The van der Waals surface area contributed by atoms with E-state index in [1.165, 1.54) is 0 Å². The van der Waals surface area contributed by atoms with Crippen molar-refractivity contribution in [2.24, 2.45) is 0 Å². The van der Waals surface area contributed by atoms with Gasteiger partial charge in [-0.05, 0) is 22.0 Å². The van der Waals surface area contributed by atoms with Gasteiger partial charge in [0.15, 0.2) is 0 Å². The van der Waals surface area contributed by atoms with Gasteiger partial charge in [0.2, 0.25) is 0 Å². The Kier molecular flexibility index (Phi) is 4.12. The molecule has 1 unspecified atom stereocenters. The zero-order valence-electron chi connectivity index (χ0n) is 7.33. The van der Waals surface area contributed by atoms with E-state index in [1.807, 2.05) is 0 Å².